The molecule has 7 nitrogen and oxygen atoms in total. The van der Waals surface area contributed by atoms with Crippen molar-refractivity contribution in [3.8, 4) is 17.2 Å². The Balaban J connectivity index is 2.36. The maximum atomic E-state index is 12.7. The molecule has 1 unspecified atom stereocenters. The highest BCUT2D eigenvalue weighted by molar-refractivity contribution is 6.32. The maximum absolute atomic E-state index is 12.7. The van der Waals surface area contributed by atoms with Crippen LogP contribution >= 0.6 is 11.6 Å². The normalized spacial score (nSPS) is 11.4. The van der Waals surface area contributed by atoms with E-state index in [0.29, 0.717) is 28.4 Å². The van der Waals surface area contributed by atoms with E-state index in [-0.39, 0.29) is 10.6 Å². The number of hydrogen-bond acceptors (Lipinski definition) is 5. The predicted molar refractivity (Wildman–Crippen MR) is 100 cm³/mol. The summed E-state index contributed by atoms with van der Waals surface area (Å²) >= 11 is 6.07. The van der Waals surface area contributed by atoms with E-state index in [2.05, 4.69) is 5.32 Å². The molecule has 0 aliphatic heterocycles. The van der Waals surface area contributed by atoms with Crippen LogP contribution in [0.15, 0.2) is 30.3 Å². The van der Waals surface area contributed by atoms with Gasteiger partial charge < -0.3 is 24.6 Å². The molecule has 0 aliphatic carbocycles. The number of carboxylic acids is 1. The summed E-state index contributed by atoms with van der Waals surface area (Å²) in [5, 5.41) is 12.3. The van der Waals surface area contributed by atoms with Gasteiger partial charge in [-0.05, 0) is 42.3 Å². The largest absolute Gasteiger partial charge is 0.495 e. The predicted octanol–water partition coefficient (Wildman–Crippen LogP) is 3.23. The highest BCUT2D eigenvalue weighted by atomic mass is 35.5. The molecule has 0 aliphatic rings. The van der Waals surface area contributed by atoms with Crippen LogP contribution in [-0.2, 0) is 4.79 Å². The van der Waals surface area contributed by atoms with Gasteiger partial charge in [-0.15, -0.1) is 0 Å². The SMILES string of the molecule is COc1ccc(C(NC(=O)c2cc(OC)c(OC)cc2C)C(=O)O)cc1Cl. The first kappa shape index (κ1) is 20.4. The van der Waals surface area contributed by atoms with E-state index in [1.807, 2.05) is 0 Å². The van der Waals surface area contributed by atoms with E-state index in [1.165, 1.54) is 39.5 Å². The van der Waals surface area contributed by atoms with Gasteiger partial charge >= 0.3 is 5.97 Å². The Kier molecular flexibility index (Phi) is 6.52. The van der Waals surface area contributed by atoms with Gasteiger partial charge in [0.1, 0.15) is 5.75 Å². The third-order valence-electron chi connectivity index (χ3n) is 4.01. The minimum absolute atomic E-state index is 0.248. The van der Waals surface area contributed by atoms with Crippen molar-refractivity contribution in [2.45, 2.75) is 13.0 Å². The smallest absolute Gasteiger partial charge is 0.330 e. The Labute approximate surface area is 161 Å². The minimum Gasteiger partial charge on any atom is -0.495 e. The Bertz CT molecular complexity index is 868. The second kappa shape index (κ2) is 8.64. The van der Waals surface area contributed by atoms with Gasteiger partial charge in [0.25, 0.3) is 5.91 Å². The number of carbonyl (C=O) groups is 2. The van der Waals surface area contributed by atoms with Crippen molar-refractivity contribution in [3.05, 3.63) is 52.0 Å². The van der Waals surface area contributed by atoms with Crippen molar-refractivity contribution < 1.29 is 28.9 Å². The number of methoxy groups -OCH3 is 3. The summed E-state index contributed by atoms with van der Waals surface area (Å²) in [5.74, 6) is -0.530. The molecule has 0 saturated heterocycles. The Hall–Kier alpha value is -2.93. The van der Waals surface area contributed by atoms with Gasteiger partial charge in [-0.2, -0.15) is 0 Å². The van der Waals surface area contributed by atoms with Crippen LogP contribution in [0.5, 0.6) is 17.2 Å². The lowest BCUT2D eigenvalue weighted by Crippen LogP contribution is -2.34. The molecule has 0 radical (unpaired) electrons. The fourth-order valence-electron chi connectivity index (χ4n) is 2.58. The quantitative estimate of drug-likeness (QED) is 0.750. The Morgan fingerprint density at radius 3 is 2.11 bits per heavy atom. The van der Waals surface area contributed by atoms with E-state index >= 15 is 0 Å². The molecule has 0 heterocycles. The van der Waals surface area contributed by atoms with Crippen LogP contribution < -0.4 is 19.5 Å². The number of rotatable bonds is 7. The van der Waals surface area contributed by atoms with Gasteiger partial charge in [0.2, 0.25) is 0 Å². The number of hydrogen-bond donors (Lipinski definition) is 2. The van der Waals surface area contributed by atoms with Crippen molar-refractivity contribution >= 4 is 23.5 Å². The van der Waals surface area contributed by atoms with Crippen LogP contribution in [-0.4, -0.2) is 38.3 Å². The van der Waals surface area contributed by atoms with Crippen molar-refractivity contribution in [1.82, 2.24) is 5.32 Å². The summed E-state index contributed by atoms with van der Waals surface area (Å²) in [4.78, 5) is 24.4. The lowest BCUT2D eigenvalue weighted by atomic mass is 10.0. The molecule has 2 aromatic carbocycles. The summed E-state index contributed by atoms with van der Waals surface area (Å²) in [5.41, 5.74) is 1.21. The van der Waals surface area contributed by atoms with Gasteiger partial charge in [-0.25, -0.2) is 4.79 Å². The van der Waals surface area contributed by atoms with Gasteiger partial charge in [0.15, 0.2) is 17.5 Å². The monoisotopic (exact) mass is 393 g/mol. The zero-order valence-corrected chi connectivity index (χ0v) is 16.1. The molecule has 2 rings (SSSR count). The molecule has 2 N–H and O–H groups in total. The first-order valence-electron chi connectivity index (χ1n) is 7.92. The van der Waals surface area contributed by atoms with Gasteiger partial charge in [0, 0.05) is 5.56 Å². The standard InChI is InChI=1S/C19H20ClNO6/c1-10-7-15(26-3)16(27-4)9-12(10)18(22)21-17(19(23)24)11-5-6-14(25-2)13(20)8-11/h5-9,17H,1-4H3,(H,21,22)(H,23,24). The van der Waals surface area contributed by atoms with Crippen LogP contribution in [0.2, 0.25) is 5.02 Å². The molecular weight excluding hydrogens is 374 g/mol. The van der Waals surface area contributed by atoms with Crippen LogP contribution in [0.1, 0.15) is 27.5 Å². The van der Waals surface area contributed by atoms with Crippen molar-refractivity contribution in [2.75, 3.05) is 21.3 Å². The number of carboxylic acid groups (broad SMARTS) is 1. The molecule has 0 fully saturated rings. The lowest BCUT2D eigenvalue weighted by Gasteiger charge is -2.18. The maximum Gasteiger partial charge on any atom is 0.330 e. The number of nitrogens with one attached hydrogen (secondary N) is 1. The summed E-state index contributed by atoms with van der Waals surface area (Å²) in [7, 11) is 4.40. The number of aliphatic carboxylic acids is 1. The highest BCUT2D eigenvalue weighted by Gasteiger charge is 2.25. The topological polar surface area (TPSA) is 94.1 Å². The van der Waals surface area contributed by atoms with E-state index < -0.39 is 17.9 Å². The number of benzene rings is 2. The number of aryl methyl sites for hydroxylation is 1. The molecule has 0 aromatic heterocycles. The second-order valence-electron chi connectivity index (χ2n) is 5.66. The average molecular weight is 394 g/mol. The number of halogens is 1. The molecule has 1 amide bonds. The molecule has 27 heavy (non-hydrogen) atoms. The summed E-state index contributed by atoms with van der Waals surface area (Å²) in [6.07, 6.45) is 0. The van der Waals surface area contributed by atoms with Crippen molar-refractivity contribution in [2.24, 2.45) is 0 Å². The Morgan fingerprint density at radius 2 is 1.59 bits per heavy atom. The molecule has 0 spiro atoms. The first-order chi connectivity index (χ1) is 12.8. The number of amides is 1. The minimum atomic E-state index is -1.28. The fourth-order valence-corrected chi connectivity index (χ4v) is 2.85. The summed E-state index contributed by atoms with van der Waals surface area (Å²) < 4.78 is 15.5. The van der Waals surface area contributed by atoms with Crippen LogP contribution in [0.3, 0.4) is 0 Å². The van der Waals surface area contributed by atoms with Crippen molar-refractivity contribution in [1.29, 1.82) is 0 Å². The second-order valence-corrected chi connectivity index (χ2v) is 6.07. The number of ether oxygens (including phenoxy) is 3. The summed E-state index contributed by atoms with van der Waals surface area (Å²) in [6, 6.07) is 6.39. The van der Waals surface area contributed by atoms with Gasteiger partial charge in [-0.3, -0.25) is 4.79 Å². The van der Waals surface area contributed by atoms with E-state index in [9.17, 15) is 14.7 Å². The van der Waals surface area contributed by atoms with E-state index in [0.717, 1.165) is 0 Å². The highest BCUT2D eigenvalue weighted by Crippen LogP contribution is 2.31. The molecule has 144 valence electrons. The third-order valence-corrected chi connectivity index (χ3v) is 4.30. The molecule has 2 aromatic rings. The zero-order chi connectivity index (χ0) is 20.1. The van der Waals surface area contributed by atoms with E-state index in [1.54, 1.807) is 19.1 Å². The molecular formula is C19H20ClNO6. The van der Waals surface area contributed by atoms with Crippen LogP contribution in [0.25, 0.3) is 0 Å². The van der Waals surface area contributed by atoms with Crippen LogP contribution in [0.4, 0.5) is 0 Å². The van der Waals surface area contributed by atoms with Gasteiger partial charge in [0.05, 0.1) is 26.4 Å². The molecule has 8 heteroatoms. The zero-order valence-electron chi connectivity index (χ0n) is 15.3. The molecule has 1 atom stereocenters. The van der Waals surface area contributed by atoms with Crippen LogP contribution in [0, 0.1) is 6.92 Å². The molecule has 0 bridgehead atoms. The average Bonchev–Trinajstić information content (AvgIpc) is 2.65. The fraction of sp³-hybridized carbons (Fsp3) is 0.263. The van der Waals surface area contributed by atoms with Gasteiger partial charge in [-0.1, -0.05) is 17.7 Å². The third kappa shape index (κ3) is 4.43. The number of carbonyl (C=O) groups excluding carboxylic acids is 1. The lowest BCUT2D eigenvalue weighted by molar-refractivity contribution is -0.139. The summed E-state index contributed by atoms with van der Waals surface area (Å²) in [6.45, 7) is 1.72. The van der Waals surface area contributed by atoms with E-state index in [4.69, 9.17) is 25.8 Å². The van der Waals surface area contributed by atoms with Crippen molar-refractivity contribution in [3.63, 3.8) is 0 Å². The molecule has 0 saturated carbocycles. The Morgan fingerprint density at radius 1 is 1.00 bits per heavy atom. The first-order valence-corrected chi connectivity index (χ1v) is 8.29.